The highest BCUT2D eigenvalue weighted by Crippen LogP contribution is 2.26. The fraction of sp³-hybridized carbons (Fsp3) is 0.455. The van der Waals surface area contributed by atoms with Gasteiger partial charge in [-0.2, -0.15) is 4.31 Å². The molecule has 1 aliphatic heterocycles. The van der Waals surface area contributed by atoms with Gasteiger partial charge in [-0.3, -0.25) is 0 Å². The Labute approximate surface area is 117 Å². The second-order valence-corrected chi connectivity index (χ2v) is 6.89. The lowest BCUT2D eigenvalue weighted by molar-refractivity contribution is 0.249. The SMILES string of the molecule is CCN(C1CNC1)S(=O)(=O)c1cc(Cl)cc(Cl)c1. The molecular formula is C11H14Cl2N2O2S. The summed E-state index contributed by atoms with van der Waals surface area (Å²) in [6.07, 6.45) is 0. The highest BCUT2D eigenvalue weighted by Gasteiger charge is 2.33. The van der Waals surface area contributed by atoms with Crippen LogP contribution in [-0.2, 0) is 10.0 Å². The van der Waals surface area contributed by atoms with Gasteiger partial charge >= 0.3 is 0 Å². The molecule has 2 rings (SSSR count). The number of rotatable bonds is 4. The molecule has 0 aliphatic carbocycles. The van der Waals surface area contributed by atoms with Crippen molar-refractivity contribution in [2.45, 2.75) is 17.9 Å². The van der Waals surface area contributed by atoms with Crippen molar-refractivity contribution < 1.29 is 8.42 Å². The molecule has 7 heteroatoms. The zero-order valence-corrected chi connectivity index (χ0v) is 12.2. The minimum atomic E-state index is -3.53. The Morgan fingerprint density at radius 1 is 1.28 bits per heavy atom. The van der Waals surface area contributed by atoms with Crippen molar-refractivity contribution in [1.82, 2.24) is 9.62 Å². The fourth-order valence-electron chi connectivity index (χ4n) is 1.91. The van der Waals surface area contributed by atoms with E-state index in [0.29, 0.717) is 29.7 Å². The van der Waals surface area contributed by atoms with Crippen LogP contribution in [0.15, 0.2) is 23.1 Å². The Bertz CT molecular complexity index is 524. The summed E-state index contributed by atoms with van der Waals surface area (Å²) in [5.41, 5.74) is 0. The minimum Gasteiger partial charge on any atom is -0.313 e. The van der Waals surface area contributed by atoms with Crippen LogP contribution in [0.5, 0.6) is 0 Å². The third kappa shape index (κ3) is 2.65. The average molecular weight is 309 g/mol. The Balaban J connectivity index is 2.39. The molecule has 1 aliphatic rings. The molecule has 1 saturated heterocycles. The molecule has 1 fully saturated rings. The zero-order chi connectivity index (χ0) is 13.3. The maximum atomic E-state index is 12.5. The second kappa shape index (κ2) is 5.35. The van der Waals surface area contributed by atoms with E-state index in [1.54, 1.807) is 0 Å². The van der Waals surface area contributed by atoms with E-state index in [4.69, 9.17) is 23.2 Å². The van der Waals surface area contributed by atoms with Gasteiger partial charge in [0.2, 0.25) is 10.0 Å². The van der Waals surface area contributed by atoms with Crippen LogP contribution in [0.1, 0.15) is 6.92 Å². The summed E-state index contributed by atoms with van der Waals surface area (Å²) >= 11 is 11.7. The van der Waals surface area contributed by atoms with E-state index in [-0.39, 0.29) is 10.9 Å². The van der Waals surface area contributed by atoms with E-state index in [9.17, 15) is 8.42 Å². The zero-order valence-electron chi connectivity index (χ0n) is 9.86. The fourth-order valence-corrected chi connectivity index (χ4v) is 4.27. The summed E-state index contributed by atoms with van der Waals surface area (Å²) in [7, 11) is -3.53. The molecule has 0 spiro atoms. The van der Waals surface area contributed by atoms with Crippen LogP contribution < -0.4 is 5.32 Å². The molecule has 18 heavy (non-hydrogen) atoms. The molecule has 0 saturated carbocycles. The smallest absolute Gasteiger partial charge is 0.243 e. The number of sulfonamides is 1. The molecule has 0 amide bonds. The van der Waals surface area contributed by atoms with Gasteiger partial charge in [-0.1, -0.05) is 30.1 Å². The van der Waals surface area contributed by atoms with Gasteiger partial charge in [0.25, 0.3) is 0 Å². The molecule has 0 radical (unpaired) electrons. The molecule has 0 unspecified atom stereocenters. The maximum Gasteiger partial charge on any atom is 0.243 e. The third-order valence-corrected chi connectivity index (χ3v) is 5.36. The summed E-state index contributed by atoms with van der Waals surface area (Å²) in [5, 5.41) is 3.71. The number of hydrogen-bond donors (Lipinski definition) is 1. The first-order valence-corrected chi connectivity index (χ1v) is 7.83. The molecule has 1 aromatic carbocycles. The van der Waals surface area contributed by atoms with Crippen molar-refractivity contribution in [2.24, 2.45) is 0 Å². The van der Waals surface area contributed by atoms with Gasteiger partial charge in [-0.15, -0.1) is 0 Å². The molecule has 100 valence electrons. The number of halogens is 2. The Morgan fingerprint density at radius 2 is 1.83 bits per heavy atom. The van der Waals surface area contributed by atoms with Crippen LogP contribution >= 0.6 is 23.2 Å². The molecule has 1 heterocycles. The van der Waals surface area contributed by atoms with E-state index in [1.165, 1.54) is 22.5 Å². The number of hydrogen-bond acceptors (Lipinski definition) is 3. The van der Waals surface area contributed by atoms with Crippen LogP contribution in [0.2, 0.25) is 10.0 Å². The monoisotopic (exact) mass is 308 g/mol. The standard InChI is InChI=1S/C11H14Cl2N2O2S/c1-2-15(10-6-14-7-10)18(16,17)11-4-8(12)3-9(13)5-11/h3-5,10,14H,2,6-7H2,1H3. The van der Waals surface area contributed by atoms with E-state index >= 15 is 0 Å². The normalized spacial score (nSPS) is 16.9. The van der Waals surface area contributed by atoms with Crippen LogP contribution in [0.3, 0.4) is 0 Å². The summed E-state index contributed by atoms with van der Waals surface area (Å²) in [4.78, 5) is 0.147. The lowest BCUT2D eigenvalue weighted by atomic mass is 10.2. The van der Waals surface area contributed by atoms with Crippen LogP contribution in [0.25, 0.3) is 0 Å². The quantitative estimate of drug-likeness (QED) is 0.925. The number of nitrogens with one attached hydrogen (secondary N) is 1. The van der Waals surface area contributed by atoms with Gasteiger partial charge in [0.1, 0.15) is 0 Å². The van der Waals surface area contributed by atoms with Crippen molar-refractivity contribution >= 4 is 33.2 Å². The predicted molar refractivity (Wildman–Crippen MR) is 72.7 cm³/mol. The lowest BCUT2D eigenvalue weighted by Gasteiger charge is -2.36. The molecular weight excluding hydrogens is 295 g/mol. The number of benzene rings is 1. The molecule has 1 N–H and O–H groups in total. The van der Waals surface area contributed by atoms with Gasteiger partial charge in [0.15, 0.2) is 0 Å². The third-order valence-electron chi connectivity index (χ3n) is 2.92. The average Bonchev–Trinajstić information content (AvgIpc) is 2.21. The lowest BCUT2D eigenvalue weighted by Crippen LogP contribution is -2.58. The summed E-state index contributed by atoms with van der Waals surface area (Å²) in [6, 6.07) is 4.39. The summed E-state index contributed by atoms with van der Waals surface area (Å²) in [5.74, 6) is 0. The van der Waals surface area contributed by atoms with E-state index < -0.39 is 10.0 Å². The van der Waals surface area contributed by atoms with Gasteiger partial charge in [-0.25, -0.2) is 8.42 Å². The second-order valence-electron chi connectivity index (χ2n) is 4.13. The van der Waals surface area contributed by atoms with Crippen molar-refractivity contribution in [3.63, 3.8) is 0 Å². The number of nitrogens with zero attached hydrogens (tertiary/aromatic N) is 1. The van der Waals surface area contributed by atoms with Gasteiger partial charge in [0.05, 0.1) is 4.90 Å². The van der Waals surface area contributed by atoms with Crippen LogP contribution in [-0.4, -0.2) is 38.4 Å². The Morgan fingerprint density at radius 3 is 2.22 bits per heavy atom. The van der Waals surface area contributed by atoms with E-state index in [0.717, 1.165) is 0 Å². The first-order chi connectivity index (χ1) is 8.45. The van der Waals surface area contributed by atoms with Gasteiger partial charge < -0.3 is 5.32 Å². The van der Waals surface area contributed by atoms with Crippen molar-refractivity contribution in [2.75, 3.05) is 19.6 Å². The molecule has 4 nitrogen and oxygen atoms in total. The molecule has 0 aromatic heterocycles. The molecule has 0 atom stereocenters. The highest BCUT2D eigenvalue weighted by molar-refractivity contribution is 7.89. The predicted octanol–water partition coefficient (Wildman–Crippen LogP) is 1.98. The van der Waals surface area contributed by atoms with Crippen LogP contribution in [0, 0.1) is 0 Å². The van der Waals surface area contributed by atoms with Crippen molar-refractivity contribution in [1.29, 1.82) is 0 Å². The summed E-state index contributed by atoms with van der Waals surface area (Å²) < 4.78 is 26.4. The molecule has 1 aromatic rings. The Hall–Kier alpha value is -0.330. The van der Waals surface area contributed by atoms with Crippen molar-refractivity contribution in [3.8, 4) is 0 Å². The topological polar surface area (TPSA) is 49.4 Å². The van der Waals surface area contributed by atoms with Crippen LogP contribution in [0.4, 0.5) is 0 Å². The Kier molecular flexibility index (Phi) is 4.18. The van der Waals surface area contributed by atoms with Gasteiger partial charge in [0, 0.05) is 35.7 Å². The first-order valence-electron chi connectivity index (χ1n) is 5.64. The van der Waals surface area contributed by atoms with Gasteiger partial charge in [-0.05, 0) is 18.2 Å². The highest BCUT2D eigenvalue weighted by atomic mass is 35.5. The maximum absolute atomic E-state index is 12.5. The number of likely N-dealkylation sites (N-methyl/N-ethyl adjacent to an activating group) is 1. The van der Waals surface area contributed by atoms with E-state index in [1.807, 2.05) is 6.92 Å². The summed E-state index contributed by atoms with van der Waals surface area (Å²) in [6.45, 7) is 3.61. The van der Waals surface area contributed by atoms with Crippen molar-refractivity contribution in [3.05, 3.63) is 28.2 Å². The minimum absolute atomic E-state index is 0.0118. The van der Waals surface area contributed by atoms with E-state index in [2.05, 4.69) is 5.32 Å². The first kappa shape index (κ1) is 14.1. The largest absolute Gasteiger partial charge is 0.313 e. The molecule has 0 bridgehead atoms.